The maximum atomic E-state index is 5.99. The lowest BCUT2D eigenvalue weighted by Gasteiger charge is -2.36. The van der Waals surface area contributed by atoms with Crippen LogP contribution in [0.2, 0.25) is 0 Å². The van der Waals surface area contributed by atoms with Gasteiger partial charge in [-0.25, -0.2) is 0 Å². The Kier molecular flexibility index (Phi) is 2.18. The van der Waals surface area contributed by atoms with Gasteiger partial charge in [0.25, 0.3) is 0 Å². The van der Waals surface area contributed by atoms with Crippen LogP contribution in [0.25, 0.3) is 0 Å². The van der Waals surface area contributed by atoms with Crippen molar-refractivity contribution in [3.63, 3.8) is 0 Å². The lowest BCUT2D eigenvalue weighted by Crippen LogP contribution is -2.42. The van der Waals surface area contributed by atoms with Gasteiger partial charge in [-0.1, -0.05) is 52.5 Å². The molecule has 5 heteroatoms. The van der Waals surface area contributed by atoms with Gasteiger partial charge in [-0.15, -0.1) is 0 Å². The second-order valence-corrected chi connectivity index (χ2v) is 5.40. The number of ether oxygens (including phenoxy) is 1. The third-order valence-electron chi connectivity index (χ3n) is 2.24. The zero-order valence-electron chi connectivity index (χ0n) is 6.65. The van der Waals surface area contributed by atoms with Crippen molar-refractivity contribution in [3.05, 3.63) is 22.2 Å². The number of hydrogen-bond donors (Lipinski definition) is 0. The van der Waals surface area contributed by atoms with Gasteiger partial charge in [0.1, 0.15) is 11.7 Å². The Hall–Kier alpha value is 0.600. The molecule has 2 aliphatic rings. The molecule has 0 unspecified atom stereocenters. The molecule has 0 amide bonds. The number of rotatable bonds is 0. The zero-order valence-corrected chi connectivity index (χ0v) is 9.68. The molecule has 0 spiro atoms. The predicted octanol–water partition coefficient (Wildman–Crippen LogP) is 3.58. The van der Waals surface area contributed by atoms with E-state index in [2.05, 4.69) is 0 Å². The summed E-state index contributed by atoms with van der Waals surface area (Å²) in [6, 6.07) is 0. The summed E-state index contributed by atoms with van der Waals surface area (Å²) in [6.07, 6.45) is 3.17. The van der Waals surface area contributed by atoms with Crippen LogP contribution in [-0.4, -0.2) is 16.0 Å². The van der Waals surface area contributed by atoms with Crippen LogP contribution in [-0.2, 0) is 4.74 Å². The molecule has 0 N–H and O–H groups in total. The summed E-state index contributed by atoms with van der Waals surface area (Å²) >= 11 is 23.9. The molecule has 2 rings (SSSR count). The summed E-state index contributed by atoms with van der Waals surface area (Å²) in [5.74, 6) is 0. The van der Waals surface area contributed by atoms with E-state index in [0.29, 0.717) is 5.03 Å². The average molecular weight is 260 g/mol. The zero-order chi connectivity index (χ0) is 9.85. The fraction of sp³-hybridized carbons (Fsp3) is 0.500. The van der Waals surface area contributed by atoms with Crippen molar-refractivity contribution >= 4 is 46.4 Å². The van der Waals surface area contributed by atoms with E-state index >= 15 is 0 Å². The van der Waals surface area contributed by atoms with Crippen molar-refractivity contribution < 1.29 is 4.74 Å². The smallest absolute Gasteiger partial charge is 0.184 e. The molecule has 0 fully saturated rings. The molecule has 72 valence electrons. The first-order valence-electron chi connectivity index (χ1n) is 3.69. The molecular weight excluding hydrogens is 254 g/mol. The molecule has 2 atom stereocenters. The third kappa shape index (κ3) is 1.25. The summed E-state index contributed by atoms with van der Waals surface area (Å²) < 4.78 is 4.27. The maximum absolute atomic E-state index is 5.99. The van der Waals surface area contributed by atoms with Crippen LogP contribution in [0.5, 0.6) is 0 Å². The maximum Gasteiger partial charge on any atom is 0.184 e. The molecule has 0 saturated heterocycles. The van der Waals surface area contributed by atoms with E-state index < -0.39 is 16.0 Å². The minimum absolute atomic E-state index is 0.251. The first-order valence-corrected chi connectivity index (χ1v) is 5.20. The molecule has 0 aliphatic carbocycles. The minimum Gasteiger partial charge on any atom is -0.355 e. The monoisotopic (exact) mass is 258 g/mol. The van der Waals surface area contributed by atoms with E-state index in [1.807, 2.05) is 13.0 Å². The number of hydrogen-bond acceptors (Lipinski definition) is 1. The number of fused-ring (bicyclic) bond motifs is 2. The van der Waals surface area contributed by atoms with Gasteiger partial charge in [-0.2, -0.15) is 0 Å². The van der Waals surface area contributed by atoms with Crippen molar-refractivity contribution in [2.45, 2.75) is 23.0 Å². The van der Waals surface area contributed by atoms with Gasteiger partial charge in [0, 0.05) is 0 Å². The molecule has 2 heterocycles. The Labute approximate surface area is 96.2 Å². The normalized spacial score (nSPS) is 41.5. The lowest BCUT2D eigenvalue weighted by atomic mass is 10.1. The van der Waals surface area contributed by atoms with E-state index in [1.54, 1.807) is 6.08 Å². The van der Waals surface area contributed by atoms with E-state index in [1.165, 1.54) is 0 Å². The molecule has 0 radical (unpaired) electrons. The van der Waals surface area contributed by atoms with Crippen LogP contribution in [0.4, 0.5) is 0 Å². The van der Waals surface area contributed by atoms with Gasteiger partial charge in [0.2, 0.25) is 0 Å². The molecule has 0 aromatic carbocycles. The highest BCUT2D eigenvalue weighted by Crippen LogP contribution is 2.52. The van der Waals surface area contributed by atoms with Crippen molar-refractivity contribution in [3.8, 4) is 0 Å². The molecular formula is C8H6Cl4O. The van der Waals surface area contributed by atoms with Crippen LogP contribution >= 0.6 is 46.4 Å². The lowest BCUT2D eigenvalue weighted by molar-refractivity contribution is 0.00531. The van der Waals surface area contributed by atoms with Crippen LogP contribution in [0.1, 0.15) is 6.92 Å². The van der Waals surface area contributed by atoms with Gasteiger partial charge in [0.05, 0.1) is 10.1 Å². The molecule has 0 saturated carbocycles. The van der Waals surface area contributed by atoms with Crippen molar-refractivity contribution in [1.82, 2.24) is 0 Å². The number of halogens is 4. The quantitative estimate of drug-likeness (QED) is 0.477. The van der Waals surface area contributed by atoms with Gasteiger partial charge in [0.15, 0.2) is 4.33 Å². The third-order valence-corrected chi connectivity index (χ3v) is 4.39. The molecule has 1 nitrogen and oxygen atoms in total. The molecule has 0 aromatic rings. The molecule has 13 heavy (non-hydrogen) atoms. The Morgan fingerprint density at radius 1 is 1.31 bits per heavy atom. The second-order valence-electron chi connectivity index (χ2n) is 3.26. The highest BCUT2D eigenvalue weighted by Gasteiger charge is 2.53. The van der Waals surface area contributed by atoms with Gasteiger partial charge < -0.3 is 4.74 Å². The molecule has 2 aliphatic heterocycles. The highest BCUT2D eigenvalue weighted by molar-refractivity contribution is 6.58. The van der Waals surface area contributed by atoms with Crippen LogP contribution in [0.3, 0.4) is 0 Å². The number of alkyl halides is 2. The SMILES string of the molecule is C[C@]12C=C[C@@H](O1)C(Cl)(Cl)C(Cl)=C2Cl. The summed E-state index contributed by atoms with van der Waals surface area (Å²) in [6.45, 7) is 1.82. The summed E-state index contributed by atoms with van der Waals surface area (Å²) in [5.41, 5.74) is -0.656. The van der Waals surface area contributed by atoms with E-state index in [9.17, 15) is 0 Å². The second kappa shape index (κ2) is 2.80. The standard InChI is InChI=1S/C8H6Cl4O/c1-7-3-2-4(13-7)8(11,12)6(10)5(7)9/h2-4H,1H3/t4-,7-/m1/s1. The summed E-state index contributed by atoms with van der Waals surface area (Å²) in [7, 11) is 0. The Morgan fingerprint density at radius 3 is 2.54 bits per heavy atom. The first kappa shape index (κ1) is 10.1. The van der Waals surface area contributed by atoms with E-state index in [4.69, 9.17) is 51.1 Å². The van der Waals surface area contributed by atoms with Crippen molar-refractivity contribution in [2.24, 2.45) is 0 Å². The Morgan fingerprint density at radius 2 is 1.92 bits per heavy atom. The van der Waals surface area contributed by atoms with Gasteiger partial charge in [-0.05, 0) is 13.0 Å². The average Bonchev–Trinajstić information content (AvgIpc) is 2.43. The Balaban J connectivity index is 2.59. The summed E-state index contributed by atoms with van der Waals surface area (Å²) in [4.78, 5) is 0. The predicted molar refractivity (Wildman–Crippen MR) is 55.6 cm³/mol. The van der Waals surface area contributed by atoms with Crippen LogP contribution in [0.15, 0.2) is 22.2 Å². The van der Waals surface area contributed by atoms with E-state index in [0.717, 1.165) is 0 Å². The fourth-order valence-corrected chi connectivity index (χ4v) is 2.49. The fourth-order valence-electron chi connectivity index (χ4n) is 1.42. The van der Waals surface area contributed by atoms with Gasteiger partial charge in [-0.3, -0.25) is 0 Å². The van der Waals surface area contributed by atoms with Gasteiger partial charge >= 0.3 is 0 Å². The first-order chi connectivity index (χ1) is 5.88. The van der Waals surface area contributed by atoms with Crippen LogP contribution < -0.4 is 0 Å². The highest BCUT2D eigenvalue weighted by atomic mass is 35.5. The van der Waals surface area contributed by atoms with Crippen LogP contribution in [0, 0.1) is 0 Å². The van der Waals surface area contributed by atoms with Crippen molar-refractivity contribution in [1.29, 1.82) is 0 Å². The minimum atomic E-state index is -1.26. The Bertz CT molecular complexity index is 320. The summed E-state index contributed by atoms with van der Waals surface area (Å²) in [5, 5.41) is 0.602. The topological polar surface area (TPSA) is 9.23 Å². The molecule has 2 bridgehead atoms. The van der Waals surface area contributed by atoms with Crippen molar-refractivity contribution in [2.75, 3.05) is 0 Å². The largest absolute Gasteiger partial charge is 0.355 e. The molecule has 0 aromatic heterocycles. The van der Waals surface area contributed by atoms with E-state index in [-0.39, 0.29) is 5.03 Å².